The van der Waals surface area contributed by atoms with E-state index in [-0.39, 0.29) is 5.91 Å². The fourth-order valence-electron chi connectivity index (χ4n) is 0.941. The van der Waals surface area contributed by atoms with Crippen molar-refractivity contribution in [1.82, 2.24) is 4.90 Å². The number of halogens is 1. The molecule has 0 fully saturated rings. The summed E-state index contributed by atoms with van der Waals surface area (Å²) < 4.78 is 5.88. The van der Waals surface area contributed by atoms with E-state index in [1.54, 1.807) is 38.4 Å². The van der Waals surface area contributed by atoms with Gasteiger partial charge in [0.15, 0.2) is 0 Å². The van der Waals surface area contributed by atoms with Crippen LogP contribution in [0.3, 0.4) is 0 Å². The molecule has 1 rings (SSSR count). The van der Waals surface area contributed by atoms with Gasteiger partial charge in [0.25, 0.3) is 0 Å². The van der Waals surface area contributed by atoms with Gasteiger partial charge in [0.05, 0.1) is 0 Å². The Balaban J connectivity index is 2.55. The summed E-state index contributed by atoms with van der Waals surface area (Å²) in [6, 6.07) is 6.84. The first-order valence-corrected chi connectivity index (χ1v) is 5.65. The van der Waals surface area contributed by atoms with Crippen molar-refractivity contribution >= 4 is 27.8 Å². The van der Waals surface area contributed by atoms with E-state index in [2.05, 4.69) is 15.9 Å². The van der Waals surface area contributed by atoms with E-state index >= 15 is 0 Å². The second kappa shape index (κ2) is 6.20. The molecule has 17 heavy (non-hydrogen) atoms. The number of carbonyl (C=O) groups is 2. The Labute approximate surface area is 108 Å². The van der Waals surface area contributed by atoms with Crippen LogP contribution in [0.25, 0.3) is 0 Å². The predicted octanol–water partition coefficient (Wildman–Crippen LogP) is 2.00. The van der Waals surface area contributed by atoms with Gasteiger partial charge in [0.1, 0.15) is 5.75 Å². The number of esters is 1. The molecule has 5 heteroatoms. The van der Waals surface area contributed by atoms with Gasteiger partial charge in [-0.05, 0) is 24.3 Å². The minimum Gasteiger partial charge on any atom is -0.423 e. The van der Waals surface area contributed by atoms with Crippen molar-refractivity contribution in [2.24, 2.45) is 0 Å². The van der Waals surface area contributed by atoms with E-state index in [0.29, 0.717) is 5.75 Å². The molecule has 0 radical (unpaired) electrons. The normalized spacial score (nSPS) is 10.3. The van der Waals surface area contributed by atoms with Crippen LogP contribution in [0.1, 0.15) is 0 Å². The second-order valence-electron chi connectivity index (χ2n) is 3.44. The van der Waals surface area contributed by atoms with Crippen molar-refractivity contribution in [3.8, 4) is 5.75 Å². The van der Waals surface area contributed by atoms with E-state index in [4.69, 9.17) is 4.74 Å². The fourth-order valence-corrected chi connectivity index (χ4v) is 1.21. The van der Waals surface area contributed by atoms with Crippen molar-refractivity contribution in [2.45, 2.75) is 0 Å². The van der Waals surface area contributed by atoms with Crippen molar-refractivity contribution in [1.29, 1.82) is 0 Å². The number of rotatable bonds is 3. The lowest BCUT2D eigenvalue weighted by molar-refractivity contribution is -0.129. The van der Waals surface area contributed by atoms with E-state index < -0.39 is 5.97 Å². The maximum atomic E-state index is 11.3. The van der Waals surface area contributed by atoms with Crippen LogP contribution in [0.2, 0.25) is 0 Å². The monoisotopic (exact) mass is 297 g/mol. The molecule has 1 aromatic rings. The van der Waals surface area contributed by atoms with Crippen molar-refractivity contribution in [3.63, 3.8) is 0 Å². The predicted molar refractivity (Wildman–Crippen MR) is 67.6 cm³/mol. The molecule has 4 nitrogen and oxygen atoms in total. The quantitative estimate of drug-likeness (QED) is 0.487. The molecule has 0 aliphatic rings. The van der Waals surface area contributed by atoms with Crippen LogP contribution in [0.15, 0.2) is 40.9 Å². The number of benzene rings is 1. The molecule has 0 unspecified atom stereocenters. The summed E-state index contributed by atoms with van der Waals surface area (Å²) in [7, 11) is 3.21. The maximum Gasteiger partial charge on any atom is 0.336 e. The first-order chi connectivity index (χ1) is 7.99. The number of nitrogens with zero attached hydrogens (tertiary/aromatic N) is 1. The van der Waals surface area contributed by atoms with Crippen LogP contribution in [-0.4, -0.2) is 30.9 Å². The summed E-state index contributed by atoms with van der Waals surface area (Å²) in [5, 5.41) is 0. The van der Waals surface area contributed by atoms with E-state index in [9.17, 15) is 9.59 Å². The van der Waals surface area contributed by atoms with Crippen LogP contribution >= 0.6 is 15.9 Å². The molecule has 90 valence electrons. The second-order valence-corrected chi connectivity index (χ2v) is 4.36. The average molecular weight is 298 g/mol. The molecular formula is C12H12BrNO3. The van der Waals surface area contributed by atoms with Gasteiger partial charge in [-0.15, -0.1) is 0 Å². The lowest BCUT2D eigenvalue weighted by atomic mass is 10.3. The summed E-state index contributed by atoms with van der Waals surface area (Å²) in [4.78, 5) is 23.9. The molecule has 0 atom stereocenters. The Morgan fingerprint density at radius 2 is 1.76 bits per heavy atom. The number of hydrogen-bond acceptors (Lipinski definition) is 3. The fraction of sp³-hybridized carbons (Fsp3) is 0.167. The van der Waals surface area contributed by atoms with Crippen LogP contribution in [0.4, 0.5) is 0 Å². The third-order valence-corrected chi connectivity index (χ3v) is 2.36. The lowest BCUT2D eigenvalue weighted by Gasteiger charge is -2.05. The summed E-state index contributed by atoms with van der Waals surface area (Å²) in [6.45, 7) is 0. The highest BCUT2D eigenvalue weighted by molar-refractivity contribution is 9.10. The molecule has 0 aromatic heterocycles. The van der Waals surface area contributed by atoms with Crippen molar-refractivity contribution in [3.05, 3.63) is 40.9 Å². The highest BCUT2D eigenvalue weighted by Crippen LogP contribution is 2.16. The first-order valence-electron chi connectivity index (χ1n) is 4.86. The zero-order valence-corrected chi connectivity index (χ0v) is 11.1. The number of likely N-dealkylation sites (N-methyl/N-ethyl adjacent to an activating group) is 1. The third-order valence-electron chi connectivity index (χ3n) is 1.83. The number of carbonyl (C=O) groups excluding carboxylic acids is 2. The number of ether oxygens (including phenoxy) is 1. The van der Waals surface area contributed by atoms with Crippen molar-refractivity contribution < 1.29 is 14.3 Å². The Morgan fingerprint density at radius 1 is 1.18 bits per heavy atom. The molecule has 0 heterocycles. The van der Waals surface area contributed by atoms with Gasteiger partial charge in [0, 0.05) is 30.7 Å². The van der Waals surface area contributed by atoms with E-state index in [0.717, 1.165) is 10.5 Å². The Bertz CT molecular complexity index is 438. The molecule has 0 spiro atoms. The average Bonchev–Trinajstić information content (AvgIpc) is 2.29. The molecule has 1 aromatic carbocycles. The highest BCUT2D eigenvalue weighted by Gasteiger charge is 2.02. The highest BCUT2D eigenvalue weighted by atomic mass is 79.9. The topological polar surface area (TPSA) is 46.6 Å². The van der Waals surface area contributed by atoms with Gasteiger partial charge in [-0.25, -0.2) is 4.79 Å². The smallest absolute Gasteiger partial charge is 0.336 e. The van der Waals surface area contributed by atoms with Crippen LogP contribution in [0, 0.1) is 0 Å². The van der Waals surface area contributed by atoms with Crippen LogP contribution in [0.5, 0.6) is 5.75 Å². The minimum absolute atomic E-state index is 0.266. The Kier molecular flexibility index (Phi) is 4.90. The molecule has 1 amide bonds. The van der Waals surface area contributed by atoms with E-state index in [1.807, 2.05) is 0 Å². The standard InChI is InChI=1S/C12H12BrNO3/c1-14(2)11(15)7-8-12(16)17-10-5-3-9(13)4-6-10/h3-8H,1-2H3/b8-7+. The summed E-state index contributed by atoms with van der Waals surface area (Å²) in [5.74, 6) is -0.416. The summed E-state index contributed by atoms with van der Waals surface area (Å²) in [5.41, 5.74) is 0. The summed E-state index contributed by atoms with van der Waals surface area (Å²) in [6.07, 6.45) is 2.27. The molecule has 0 N–H and O–H groups in total. The Morgan fingerprint density at radius 3 is 2.29 bits per heavy atom. The maximum absolute atomic E-state index is 11.3. The van der Waals surface area contributed by atoms with Gasteiger partial charge >= 0.3 is 5.97 Å². The molecule has 0 bridgehead atoms. The first kappa shape index (κ1) is 13.4. The zero-order chi connectivity index (χ0) is 12.8. The molecule has 0 saturated carbocycles. The number of hydrogen-bond donors (Lipinski definition) is 0. The van der Waals surface area contributed by atoms with Gasteiger partial charge in [-0.2, -0.15) is 0 Å². The molecule has 0 saturated heterocycles. The van der Waals surface area contributed by atoms with Crippen molar-refractivity contribution in [2.75, 3.05) is 14.1 Å². The molecule has 0 aliphatic heterocycles. The minimum atomic E-state index is -0.581. The van der Waals surface area contributed by atoms with Crippen LogP contribution in [-0.2, 0) is 9.59 Å². The molecule has 0 aliphatic carbocycles. The van der Waals surface area contributed by atoms with Gasteiger partial charge < -0.3 is 9.64 Å². The van der Waals surface area contributed by atoms with Crippen LogP contribution < -0.4 is 4.74 Å². The zero-order valence-electron chi connectivity index (χ0n) is 9.51. The Hall–Kier alpha value is -1.62. The molecular weight excluding hydrogens is 286 g/mol. The largest absolute Gasteiger partial charge is 0.423 e. The van der Waals surface area contributed by atoms with Gasteiger partial charge in [-0.1, -0.05) is 15.9 Å². The number of amides is 1. The third kappa shape index (κ3) is 4.82. The summed E-state index contributed by atoms with van der Waals surface area (Å²) >= 11 is 3.27. The van der Waals surface area contributed by atoms with E-state index in [1.165, 1.54) is 11.0 Å². The SMILES string of the molecule is CN(C)C(=O)/C=C/C(=O)Oc1ccc(Br)cc1. The van der Waals surface area contributed by atoms with Gasteiger partial charge in [0.2, 0.25) is 5.91 Å². The van der Waals surface area contributed by atoms with Gasteiger partial charge in [-0.3, -0.25) is 4.79 Å². The lowest BCUT2D eigenvalue weighted by Crippen LogP contribution is -2.19.